The third-order valence-corrected chi connectivity index (χ3v) is 5.47. The molecule has 0 saturated carbocycles. The van der Waals surface area contributed by atoms with Crippen molar-refractivity contribution < 1.29 is 0 Å². The quantitative estimate of drug-likeness (QED) is 0.871. The monoisotopic (exact) mass is 313 g/mol. The zero-order valence-electron chi connectivity index (χ0n) is 14.3. The van der Waals surface area contributed by atoms with Crippen molar-refractivity contribution in [3.05, 3.63) is 35.2 Å². The van der Waals surface area contributed by atoms with E-state index in [0.29, 0.717) is 6.04 Å². The van der Waals surface area contributed by atoms with Crippen LogP contribution in [0.2, 0.25) is 0 Å². The largest absolute Gasteiger partial charge is 0.334 e. The fourth-order valence-corrected chi connectivity index (χ4v) is 4.21. The minimum atomic E-state index is 0.468. The Kier molecular flexibility index (Phi) is 3.97. The van der Waals surface area contributed by atoms with E-state index in [-0.39, 0.29) is 0 Å². The first-order chi connectivity index (χ1) is 11.3. The summed E-state index contributed by atoms with van der Waals surface area (Å²) in [5.74, 6) is 1.29. The highest BCUT2D eigenvalue weighted by Crippen LogP contribution is 2.34. The number of likely N-dealkylation sites (tertiary alicyclic amines) is 1. The lowest BCUT2D eigenvalue weighted by Gasteiger charge is -2.23. The van der Waals surface area contributed by atoms with E-state index in [2.05, 4.69) is 34.7 Å². The van der Waals surface area contributed by atoms with E-state index in [9.17, 15) is 0 Å². The number of hydrogen-bond acceptors (Lipinski definition) is 3. The number of hydrogen-bond donors (Lipinski definition) is 0. The van der Waals surface area contributed by atoms with Crippen LogP contribution in [0, 0.1) is 0 Å². The summed E-state index contributed by atoms with van der Waals surface area (Å²) in [5.41, 5.74) is 4.16. The predicted octanol–water partition coefficient (Wildman–Crippen LogP) is 2.85. The van der Waals surface area contributed by atoms with Gasteiger partial charge in [0.05, 0.1) is 17.9 Å². The Bertz CT molecular complexity index is 684. The van der Waals surface area contributed by atoms with E-state index in [1.807, 2.05) is 10.9 Å². The van der Waals surface area contributed by atoms with Crippen molar-refractivity contribution in [1.29, 1.82) is 0 Å². The molecule has 1 aliphatic heterocycles. The number of aromatic nitrogens is 4. The maximum atomic E-state index is 5.05. The van der Waals surface area contributed by atoms with Crippen LogP contribution >= 0.6 is 0 Å². The van der Waals surface area contributed by atoms with Crippen molar-refractivity contribution in [2.75, 3.05) is 6.54 Å². The molecule has 0 amide bonds. The van der Waals surface area contributed by atoms with Gasteiger partial charge in [-0.15, -0.1) is 0 Å². The van der Waals surface area contributed by atoms with Gasteiger partial charge in [0, 0.05) is 37.6 Å². The van der Waals surface area contributed by atoms with Gasteiger partial charge in [-0.2, -0.15) is 5.10 Å². The molecule has 0 aromatic carbocycles. The van der Waals surface area contributed by atoms with Gasteiger partial charge in [-0.1, -0.05) is 0 Å². The SMILES string of the molecule is CCn1cc(CN2CCC[C@@H]2c2nc3c(n2C)CCCC3)cn1. The van der Waals surface area contributed by atoms with Crippen molar-refractivity contribution in [3.63, 3.8) is 0 Å². The number of rotatable bonds is 4. The first-order valence-electron chi connectivity index (χ1n) is 9.06. The van der Waals surface area contributed by atoms with E-state index in [4.69, 9.17) is 4.98 Å². The summed E-state index contributed by atoms with van der Waals surface area (Å²) in [4.78, 5) is 7.63. The smallest absolute Gasteiger partial charge is 0.126 e. The summed E-state index contributed by atoms with van der Waals surface area (Å²) >= 11 is 0. The standard InChI is InChI=1S/C18H27N5/c1-3-23-13-14(11-19-23)12-22-10-6-9-17(22)18-20-15-7-4-5-8-16(15)21(18)2/h11,13,17H,3-10,12H2,1-2H3/t17-/m1/s1. The van der Waals surface area contributed by atoms with E-state index in [1.54, 1.807) is 0 Å². The highest BCUT2D eigenvalue weighted by atomic mass is 15.3. The van der Waals surface area contributed by atoms with Gasteiger partial charge in [0.1, 0.15) is 5.82 Å². The van der Waals surface area contributed by atoms with Crippen LogP contribution in [-0.2, 0) is 33.0 Å². The maximum Gasteiger partial charge on any atom is 0.126 e. The number of aryl methyl sites for hydroxylation is 2. The molecule has 3 heterocycles. The minimum Gasteiger partial charge on any atom is -0.334 e. The Balaban J connectivity index is 1.56. The van der Waals surface area contributed by atoms with Gasteiger partial charge in [-0.3, -0.25) is 9.58 Å². The summed E-state index contributed by atoms with van der Waals surface area (Å²) < 4.78 is 4.41. The predicted molar refractivity (Wildman–Crippen MR) is 90.1 cm³/mol. The lowest BCUT2D eigenvalue weighted by atomic mass is 10.0. The number of nitrogens with zero attached hydrogens (tertiary/aromatic N) is 5. The normalized spacial score (nSPS) is 21.7. The summed E-state index contributed by atoms with van der Waals surface area (Å²) in [7, 11) is 2.22. The van der Waals surface area contributed by atoms with Gasteiger partial charge >= 0.3 is 0 Å². The van der Waals surface area contributed by atoms with Crippen molar-refractivity contribution in [1.82, 2.24) is 24.2 Å². The minimum absolute atomic E-state index is 0.468. The molecule has 2 aliphatic rings. The first-order valence-corrected chi connectivity index (χ1v) is 9.06. The van der Waals surface area contributed by atoms with Crippen molar-refractivity contribution in [3.8, 4) is 0 Å². The molecule has 2 aromatic heterocycles. The van der Waals surface area contributed by atoms with Gasteiger partial charge in [0.25, 0.3) is 0 Å². The highest BCUT2D eigenvalue weighted by Gasteiger charge is 2.31. The van der Waals surface area contributed by atoms with Crippen LogP contribution in [0.3, 0.4) is 0 Å². The molecule has 4 rings (SSSR count). The van der Waals surface area contributed by atoms with Gasteiger partial charge in [-0.25, -0.2) is 4.98 Å². The lowest BCUT2D eigenvalue weighted by Crippen LogP contribution is -2.25. The van der Waals surface area contributed by atoms with Crippen LogP contribution in [0.5, 0.6) is 0 Å². The molecule has 0 N–H and O–H groups in total. The molecule has 124 valence electrons. The molecule has 2 aromatic rings. The Labute approximate surface area is 138 Å². The van der Waals surface area contributed by atoms with E-state index in [1.165, 1.54) is 67.8 Å². The van der Waals surface area contributed by atoms with Gasteiger partial charge in [0.2, 0.25) is 0 Å². The van der Waals surface area contributed by atoms with Crippen LogP contribution in [0.4, 0.5) is 0 Å². The summed E-state index contributed by atoms with van der Waals surface area (Å²) in [6.45, 7) is 5.23. The average molecular weight is 313 g/mol. The first kappa shape index (κ1) is 14.9. The number of fused-ring (bicyclic) bond motifs is 1. The Morgan fingerprint density at radius 2 is 2.09 bits per heavy atom. The molecule has 5 nitrogen and oxygen atoms in total. The second kappa shape index (κ2) is 6.11. The third-order valence-electron chi connectivity index (χ3n) is 5.47. The third kappa shape index (κ3) is 2.71. The maximum absolute atomic E-state index is 5.05. The molecule has 1 aliphatic carbocycles. The van der Waals surface area contributed by atoms with Crippen molar-refractivity contribution in [2.45, 2.75) is 64.6 Å². The molecule has 1 atom stereocenters. The molecule has 23 heavy (non-hydrogen) atoms. The fraction of sp³-hybridized carbons (Fsp3) is 0.667. The van der Waals surface area contributed by atoms with Gasteiger partial charge in [0.15, 0.2) is 0 Å². The Morgan fingerprint density at radius 3 is 2.87 bits per heavy atom. The lowest BCUT2D eigenvalue weighted by molar-refractivity contribution is 0.236. The molecule has 1 fully saturated rings. The second-order valence-corrected chi connectivity index (χ2v) is 6.96. The van der Waals surface area contributed by atoms with E-state index in [0.717, 1.165) is 13.1 Å². The second-order valence-electron chi connectivity index (χ2n) is 6.96. The van der Waals surface area contributed by atoms with E-state index >= 15 is 0 Å². The van der Waals surface area contributed by atoms with Crippen LogP contribution in [0.1, 0.15) is 61.4 Å². The molecule has 0 bridgehead atoms. The fourth-order valence-electron chi connectivity index (χ4n) is 4.21. The van der Waals surface area contributed by atoms with Crippen molar-refractivity contribution >= 4 is 0 Å². The Morgan fingerprint density at radius 1 is 1.22 bits per heavy atom. The molecular weight excluding hydrogens is 286 g/mol. The summed E-state index contributed by atoms with van der Waals surface area (Å²) in [6.07, 6.45) is 11.7. The number of imidazole rings is 1. The molecule has 0 radical (unpaired) electrons. The van der Waals surface area contributed by atoms with Gasteiger partial charge < -0.3 is 4.57 Å². The van der Waals surface area contributed by atoms with Crippen molar-refractivity contribution in [2.24, 2.45) is 7.05 Å². The molecule has 0 spiro atoms. The molecule has 0 unspecified atom stereocenters. The van der Waals surface area contributed by atoms with Crippen LogP contribution in [0.25, 0.3) is 0 Å². The molecular formula is C18H27N5. The Hall–Kier alpha value is -1.62. The molecule has 1 saturated heterocycles. The van der Waals surface area contributed by atoms with E-state index < -0.39 is 0 Å². The zero-order valence-corrected chi connectivity index (χ0v) is 14.3. The zero-order chi connectivity index (χ0) is 15.8. The average Bonchev–Trinajstić information content (AvgIpc) is 3.28. The van der Waals surface area contributed by atoms with Crippen LogP contribution in [-0.4, -0.2) is 30.8 Å². The summed E-state index contributed by atoms with van der Waals surface area (Å²) in [5, 5.41) is 4.41. The topological polar surface area (TPSA) is 38.9 Å². The van der Waals surface area contributed by atoms with Crippen LogP contribution < -0.4 is 0 Å². The highest BCUT2D eigenvalue weighted by molar-refractivity contribution is 5.22. The molecule has 5 heteroatoms. The summed E-state index contributed by atoms with van der Waals surface area (Å²) in [6, 6.07) is 0.468. The van der Waals surface area contributed by atoms with Crippen LogP contribution in [0.15, 0.2) is 12.4 Å². The van der Waals surface area contributed by atoms with Gasteiger partial charge in [-0.05, 0) is 52.0 Å².